The van der Waals surface area contributed by atoms with Gasteiger partial charge in [-0.3, -0.25) is 4.79 Å². The number of allylic oxidation sites excluding steroid dienone is 2. The Bertz CT molecular complexity index is 585. The number of rotatable bonds is 0. The molecule has 77 valence electrons. The molecular formula is C12H9N2OSi. The summed E-state index contributed by atoms with van der Waals surface area (Å²) in [6.45, 7) is 0. The van der Waals surface area contributed by atoms with Crippen molar-refractivity contribution in [2.24, 2.45) is 4.66 Å². The molecule has 0 saturated carbocycles. The van der Waals surface area contributed by atoms with Crippen molar-refractivity contribution in [2.45, 2.75) is 6.42 Å². The Morgan fingerprint density at radius 2 is 2.25 bits per heavy atom. The molecule has 3 nitrogen and oxygen atoms in total. The number of hydrogen-bond donors (Lipinski definition) is 1. The summed E-state index contributed by atoms with van der Waals surface area (Å²) in [4.78, 5) is 12.2. The van der Waals surface area contributed by atoms with Gasteiger partial charge in [0.25, 0.3) is 0 Å². The zero-order chi connectivity index (χ0) is 11.1. The Balaban J connectivity index is 2.25. The van der Waals surface area contributed by atoms with Gasteiger partial charge in [-0.15, -0.1) is 0 Å². The molecule has 0 fully saturated rings. The Kier molecular flexibility index (Phi) is 1.97. The highest BCUT2D eigenvalue weighted by atomic mass is 28.2. The van der Waals surface area contributed by atoms with Gasteiger partial charge in [-0.25, -0.2) is 0 Å². The van der Waals surface area contributed by atoms with E-state index in [0.29, 0.717) is 11.3 Å². The molecule has 1 heterocycles. The first-order valence-electron chi connectivity index (χ1n) is 5.05. The molecule has 2 N–H and O–H groups in total. The third-order valence-electron chi connectivity index (χ3n) is 2.87. The minimum Gasteiger partial charge on any atom is -0.398 e. The number of Topliss-reactive ketones (excluding diaryl/α,β-unsaturated/α-hetero) is 1. The summed E-state index contributed by atoms with van der Waals surface area (Å²) in [7, 11) is 0.233. The second kappa shape index (κ2) is 3.35. The van der Waals surface area contributed by atoms with E-state index in [1.54, 1.807) is 12.3 Å². The SMILES string of the molecule is Nc1cccc2c1C(=O)C1=[Si]N=CC=C1C2. The Labute approximate surface area is 95.2 Å². The molecular weight excluding hydrogens is 216 g/mol. The number of carbonyl (C=O) groups is 1. The second-order valence-electron chi connectivity index (χ2n) is 3.84. The van der Waals surface area contributed by atoms with Crippen molar-refractivity contribution in [3.8, 4) is 0 Å². The molecule has 0 saturated heterocycles. The average molecular weight is 225 g/mol. The lowest BCUT2D eigenvalue weighted by molar-refractivity contribution is 0.106. The summed E-state index contributed by atoms with van der Waals surface area (Å²) in [5, 5.41) is 0.827. The van der Waals surface area contributed by atoms with Crippen LogP contribution in [0.2, 0.25) is 0 Å². The number of anilines is 1. The molecule has 1 aromatic carbocycles. The zero-order valence-corrected chi connectivity index (χ0v) is 9.53. The van der Waals surface area contributed by atoms with Crippen LogP contribution in [0.4, 0.5) is 5.69 Å². The van der Waals surface area contributed by atoms with Crippen LogP contribution >= 0.6 is 0 Å². The normalized spacial score (nSPS) is 17.4. The van der Waals surface area contributed by atoms with E-state index in [2.05, 4.69) is 4.66 Å². The standard InChI is InChI=1S/C12H9N2OSi/c13-9-3-1-2-7-6-8-4-5-14-16-12(8)11(15)10(7)9/h1-5H,6,13H2. The lowest BCUT2D eigenvalue weighted by Crippen LogP contribution is -2.29. The molecule has 0 atom stereocenters. The summed E-state index contributed by atoms with van der Waals surface area (Å²) >= 11 is 0. The van der Waals surface area contributed by atoms with Crippen molar-refractivity contribution in [1.29, 1.82) is 0 Å². The van der Waals surface area contributed by atoms with Gasteiger partial charge in [0.05, 0.1) is 0 Å². The Hall–Kier alpha value is -1.81. The van der Waals surface area contributed by atoms with E-state index < -0.39 is 0 Å². The van der Waals surface area contributed by atoms with Crippen molar-refractivity contribution in [3.05, 3.63) is 41.0 Å². The maximum Gasteiger partial charge on any atom is 0.200 e. The van der Waals surface area contributed by atoms with Crippen LogP contribution in [0.1, 0.15) is 15.9 Å². The van der Waals surface area contributed by atoms with E-state index in [0.717, 1.165) is 22.7 Å². The molecule has 1 radical (unpaired) electrons. The van der Waals surface area contributed by atoms with Crippen LogP contribution in [0, 0.1) is 0 Å². The van der Waals surface area contributed by atoms with Gasteiger partial charge in [-0.2, -0.15) is 0 Å². The largest absolute Gasteiger partial charge is 0.398 e. The first-order valence-corrected chi connectivity index (χ1v) is 5.99. The molecule has 2 aliphatic rings. The van der Waals surface area contributed by atoms with Crippen LogP contribution in [-0.2, 0) is 6.42 Å². The van der Waals surface area contributed by atoms with Crippen molar-refractivity contribution in [2.75, 3.05) is 5.73 Å². The molecule has 1 aromatic rings. The van der Waals surface area contributed by atoms with Crippen molar-refractivity contribution in [3.63, 3.8) is 0 Å². The van der Waals surface area contributed by atoms with Crippen LogP contribution in [0.3, 0.4) is 0 Å². The number of carbonyl (C=O) groups excluding carboxylic acids is 1. The average Bonchev–Trinajstić information content (AvgIpc) is 2.29. The van der Waals surface area contributed by atoms with Crippen LogP contribution in [0.5, 0.6) is 0 Å². The fraction of sp³-hybridized carbons (Fsp3) is 0.0833. The van der Waals surface area contributed by atoms with Gasteiger partial charge < -0.3 is 10.4 Å². The monoisotopic (exact) mass is 225 g/mol. The number of hydrogen-bond acceptors (Lipinski definition) is 3. The fourth-order valence-electron chi connectivity index (χ4n) is 2.10. The van der Waals surface area contributed by atoms with E-state index in [9.17, 15) is 4.79 Å². The minimum atomic E-state index is 0.0563. The molecule has 0 spiro atoms. The summed E-state index contributed by atoms with van der Waals surface area (Å²) < 4.78 is 4.14. The van der Waals surface area contributed by atoms with Gasteiger partial charge in [0, 0.05) is 22.6 Å². The number of benzene rings is 1. The fourth-order valence-corrected chi connectivity index (χ4v) is 2.92. The maximum atomic E-state index is 12.2. The predicted molar refractivity (Wildman–Crippen MR) is 66.2 cm³/mol. The smallest absolute Gasteiger partial charge is 0.200 e. The van der Waals surface area contributed by atoms with Crippen molar-refractivity contribution >= 4 is 32.1 Å². The Morgan fingerprint density at radius 1 is 1.38 bits per heavy atom. The van der Waals surface area contributed by atoms with Gasteiger partial charge >= 0.3 is 0 Å². The van der Waals surface area contributed by atoms with Gasteiger partial charge in [-0.05, 0) is 29.7 Å². The minimum absolute atomic E-state index is 0.0563. The number of nitrogen functional groups attached to an aromatic ring is 1. The summed E-state index contributed by atoms with van der Waals surface area (Å²) in [6.07, 6.45) is 4.50. The first kappa shape index (κ1) is 9.42. The summed E-state index contributed by atoms with van der Waals surface area (Å²) in [5.74, 6) is 0.0563. The third-order valence-corrected chi connectivity index (χ3v) is 3.92. The topological polar surface area (TPSA) is 55.5 Å². The molecule has 3 rings (SSSR count). The lowest BCUT2D eigenvalue weighted by Gasteiger charge is -2.22. The molecule has 0 bridgehead atoms. The van der Waals surface area contributed by atoms with Crippen molar-refractivity contribution < 1.29 is 4.79 Å². The van der Waals surface area contributed by atoms with Gasteiger partial charge in [0.2, 0.25) is 0 Å². The highest BCUT2D eigenvalue weighted by Gasteiger charge is 2.27. The molecule has 0 aromatic heterocycles. The van der Waals surface area contributed by atoms with Gasteiger partial charge in [0.1, 0.15) is 0 Å². The lowest BCUT2D eigenvalue weighted by atomic mass is 9.85. The highest BCUT2D eigenvalue weighted by Crippen LogP contribution is 2.27. The second-order valence-corrected chi connectivity index (χ2v) is 4.83. The van der Waals surface area contributed by atoms with E-state index in [1.165, 1.54) is 0 Å². The Morgan fingerprint density at radius 3 is 3.12 bits per heavy atom. The molecule has 1 aliphatic heterocycles. The number of ketones is 1. The summed E-state index contributed by atoms with van der Waals surface area (Å²) in [6, 6.07) is 5.64. The van der Waals surface area contributed by atoms with E-state index in [1.807, 2.05) is 18.2 Å². The van der Waals surface area contributed by atoms with E-state index in [4.69, 9.17) is 5.73 Å². The van der Waals surface area contributed by atoms with Crippen LogP contribution in [0.15, 0.2) is 34.5 Å². The third kappa shape index (κ3) is 1.23. The molecule has 0 unspecified atom stereocenters. The molecule has 4 heteroatoms. The molecule has 0 amide bonds. The van der Waals surface area contributed by atoms with Crippen LogP contribution in [-0.4, -0.2) is 26.5 Å². The van der Waals surface area contributed by atoms with Crippen LogP contribution in [0.25, 0.3) is 0 Å². The van der Waals surface area contributed by atoms with Crippen molar-refractivity contribution in [1.82, 2.24) is 0 Å². The van der Waals surface area contributed by atoms with Crippen LogP contribution < -0.4 is 5.73 Å². The maximum absolute atomic E-state index is 12.2. The van der Waals surface area contributed by atoms with E-state index >= 15 is 0 Å². The number of nitrogens with zero attached hydrogens (tertiary/aromatic N) is 1. The van der Waals surface area contributed by atoms with Gasteiger partial charge in [0.15, 0.2) is 15.1 Å². The van der Waals surface area contributed by atoms with Gasteiger partial charge in [-0.1, -0.05) is 12.1 Å². The van der Waals surface area contributed by atoms with E-state index in [-0.39, 0.29) is 15.1 Å². The molecule has 1 aliphatic carbocycles. The number of nitrogens with two attached hydrogens (primary N) is 1. The first-order chi connectivity index (χ1) is 7.77. The quantitative estimate of drug-likeness (QED) is 0.525. The summed E-state index contributed by atoms with van der Waals surface area (Å²) in [5.41, 5.74) is 9.24. The molecule has 16 heavy (non-hydrogen) atoms. The predicted octanol–water partition coefficient (Wildman–Crippen LogP) is 0.810. The zero-order valence-electron chi connectivity index (χ0n) is 8.53. The number of fused-ring (bicyclic) bond motifs is 2. The highest BCUT2D eigenvalue weighted by molar-refractivity contribution is 6.79.